The average Bonchev–Trinajstić information content (AvgIpc) is 4.02. The number of non-ortho nitro benzene ring substituents is 1. The van der Waals surface area contributed by atoms with Gasteiger partial charge in [-0.3, -0.25) is 14.9 Å². The van der Waals surface area contributed by atoms with Gasteiger partial charge in [-0.2, -0.15) is 0 Å². The number of nitrogens with zero attached hydrogens (tertiary/aromatic N) is 5. The third-order valence-corrected chi connectivity index (χ3v) is 14.6. The Hall–Kier alpha value is -5.47. The number of hydrogen-bond acceptors (Lipinski definition) is 18. The Kier molecular flexibility index (Phi) is 17.9. The van der Waals surface area contributed by atoms with E-state index in [1.807, 2.05) is 10.8 Å². The summed E-state index contributed by atoms with van der Waals surface area (Å²) in [5.41, 5.74) is 1.58. The molecule has 0 bridgehead atoms. The highest BCUT2D eigenvalue weighted by atomic mass is 16.7. The molecule has 4 aliphatic rings. The van der Waals surface area contributed by atoms with E-state index in [2.05, 4.69) is 15.6 Å². The molecule has 4 heterocycles. The van der Waals surface area contributed by atoms with Gasteiger partial charge in [0, 0.05) is 36.2 Å². The molecule has 4 fully saturated rings. The predicted molar refractivity (Wildman–Crippen MR) is 254 cm³/mol. The van der Waals surface area contributed by atoms with Crippen molar-refractivity contribution in [1.29, 1.82) is 0 Å². The van der Waals surface area contributed by atoms with Gasteiger partial charge in [-0.1, -0.05) is 62.4 Å². The first-order chi connectivity index (χ1) is 35.1. The number of esters is 1. The highest BCUT2D eigenvalue weighted by molar-refractivity contribution is 5.89. The fraction of sp³-hybridized carbons (Fsp3) is 0.620. The zero-order valence-corrected chi connectivity index (χ0v) is 40.7. The highest BCUT2D eigenvalue weighted by Gasteiger charge is 2.54. The summed E-state index contributed by atoms with van der Waals surface area (Å²) >= 11 is 0. The lowest BCUT2D eigenvalue weighted by Crippen LogP contribution is -2.64. The number of carbonyl (C=O) groups is 3. The first kappa shape index (κ1) is 53.8. The van der Waals surface area contributed by atoms with Crippen molar-refractivity contribution in [2.24, 2.45) is 17.8 Å². The van der Waals surface area contributed by atoms with Crippen molar-refractivity contribution in [2.75, 3.05) is 13.2 Å². The Balaban J connectivity index is 0.993. The molecule has 2 saturated carbocycles. The van der Waals surface area contributed by atoms with Crippen molar-refractivity contribution in [3.05, 3.63) is 88.4 Å². The van der Waals surface area contributed by atoms with Gasteiger partial charge in [0.15, 0.2) is 24.8 Å². The molecule has 15 atom stereocenters. The number of nitrogens with one attached hydrogen (secondary N) is 1. The number of amides is 1. The van der Waals surface area contributed by atoms with Crippen LogP contribution < -0.4 is 5.32 Å². The molecule has 23 heteroatoms. The Labute approximate surface area is 420 Å². The number of aliphatic hydroxyl groups is 5. The highest BCUT2D eigenvalue weighted by Crippen LogP contribution is 2.39. The smallest absolute Gasteiger partial charge is 0.338 e. The number of nitro benzene ring substituents is 1. The van der Waals surface area contributed by atoms with Gasteiger partial charge in [0.25, 0.3) is 5.69 Å². The van der Waals surface area contributed by atoms with Crippen LogP contribution in [0.5, 0.6) is 0 Å². The third kappa shape index (κ3) is 12.9. The van der Waals surface area contributed by atoms with Crippen LogP contribution in [0.2, 0.25) is 0 Å². The topological polar surface area (TPSA) is 319 Å². The summed E-state index contributed by atoms with van der Waals surface area (Å²) in [5, 5.41) is 88.4. The number of fused-ring (bicyclic) bond motifs is 1. The van der Waals surface area contributed by atoms with Crippen LogP contribution in [-0.2, 0) is 51.1 Å². The van der Waals surface area contributed by atoms with Crippen LogP contribution in [0, 0.1) is 27.9 Å². The van der Waals surface area contributed by atoms with Crippen molar-refractivity contribution in [1.82, 2.24) is 24.9 Å². The second-order valence-electron chi connectivity index (χ2n) is 19.8. The van der Waals surface area contributed by atoms with Gasteiger partial charge in [0.2, 0.25) is 5.91 Å². The quantitative estimate of drug-likeness (QED) is 0.0289. The molecule has 8 rings (SSSR count). The van der Waals surface area contributed by atoms with E-state index in [1.165, 1.54) is 31.2 Å². The Morgan fingerprint density at radius 3 is 2.40 bits per heavy atom. The Bertz CT molecular complexity index is 2490. The number of aromatic nitrogens is 4. The van der Waals surface area contributed by atoms with Crippen LogP contribution in [-0.4, -0.2) is 166 Å². The Morgan fingerprint density at radius 1 is 0.904 bits per heavy atom. The van der Waals surface area contributed by atoms with E-state index in [1.54, 1.807) is 48.1 Å². The number of nitro groups is 1. The number of ether oxygens (including phenoxy) is 6. The number of aryl methyl sites for hydroxylation is 1. The number of rotatable bonds is 20. The lowest BCUT2D eigenvalue weighted by atomic mass is 9.77. The van der Waals surface area contributed by atoms with Gasteiger partial charge in [-0.15, -0.1) is 5.10 Å². The minimum absolute atomic E-state index is 0.00393. The van der Waals surface area contributed by atoms with Gasteiger partial charge in [-0.05, 0) is 75.1 Å². The van der Waals surface area contributed by atoms with Gasteiger partial charge in [0.05, 0.1) is 52.8 Å². The van der Waals surface area contributed by atoms with E-state index < -0.39 is 115 Å². The van der Waals surface area contributed by atoms with E-state index >= 15 is 0 Å². The number of carbonyl (C=O) groups excluding carboxylic acids is 2. The molecule has 2 aliphatic heterocycles. The summed E-state index contributed by atoms with van der Waals surface area (Å²) in [7, 11) is 0. The number of carboxylic acid groups (broad SMARTS) is 1. The van der Waals surface area contributed by atoms with Crippen LogP contribution in [0.1, 0.15) is 87.7 Å². The number of aliphatic carboxylic acids is 1. The summed E-state index contributed by atoms with van der Waals surface area (Å²) in [5.74, 6) is -3.71. The van der Waals surface area contributed by atoms with Crippen molar-refractivity contribution in [3.63, 3.8) is 0 Å². The van der Waals surface area contributed by atoms with E-state index in [0.717, 1.165) is 37.6 Å². The number of benzene rings is 2. The van der Waals surface area contributed by atoms with E-state index in [9.17, 15) is 55.1 Å². The molecule has 2 aromatic carbocycles. The minimum atomic E-state index is -1.71. The van der Waals surface area contributed by atoms with Gasteiger partial charge >= 0.3 is 11.9 Å². The zero-order valence-electron chi connectivity index (χ0n) is 40.7. The number of aliphatic hydroxyl groups excluding tert-OH is 5. The fourth-order valence-corrected chi connectivity index (χ4v) is 10.5. The van der Waals surface area contributed by atoms with E-state index in [-0.39, 0.29) is 48.9 Å². The standard InChI is InChI=1S/C50H66N6O17/c1-27-20-32(46(62)51-18-9-14-33-24-55(53-52-33)26-54-19-17-31-22-34(56(66)67)15-16-35(31)54)23-36(43(27)73-49-42(61)41(60)39(58)28(2)68-49)70-50-45(72-48(65)30-12-7-4-8-13-30)44(40(59)38(25-57)71-50)69-37(47(63)64)21-29-10-5-3-6-11-29/h4,7-8,12-13,15-17,19,22,24,27-29,32,36-45,49-50,57-61H,3,5-6,9-11,14,18,20-21,23,25-26H2,1-2H3,(H,51,62)(H,63,64)/t27?,28?,32?,36-,37+,38?,39-,40+,41?,42?,43?,44?,45?,49+,50-/m1/s1. The van der Waals surface area contributed by atoms with Gasteiger partial charge in [0.1, 0.15) is 43.3 Å². The maximum Gasteiger partial charge on any atom is 0.338 e. The SMILES string of the molecule is CC1CC(C(=O)NCCCc2cn(Cn3ccc4cc([N+](=O)[O-])ccc43)nn2)C[C@@H](O[C@@H]2OC(CO)[C@H](O)C(O[C@@H](CC3CCCCC3)C(=O)O)C2OC(=O)c2ccccc2)C1O[C@@H]1OC(C)[C@@H](O)C(O)C1O. The molecule has 2 aromatic heterocycles. The van der Waals surface area contributed by atoms with Gasteiger partial charge < -0.3 is 68.9 Å². The molecule has 0 spiro atoms. The molecule has 7 N–H and O–H groups in total. The van der Waals surface area contributed by atoms with Crippen LogP contribution in [0.15, 0.2) is 67.0 Å². The molecule has 4 aromatic rings. The maximum atomic E-state index is 14.1. The second kappa shape index (κ2) is 24.3. The molecule has 0 radical (unpaired) electrons. The number of carboxylic acids is 1. The van der Waals surface area contributed by atoms with Crippen LogP contribution in [0.3, 0.4) is 0 Å². The third-order valence-electron chi connectivity index (χ3n) is 14.6. The van der Waals surface area contributed by atoms with Crippen LogP contribution >= 0.6 is 0 Å². The van der Waals surface area contributed by atoms with Crippen molar-refractivity contribution in [2.45, 2.75) is 164 Å². The molecule has 73 heavy (non-hydrogen) atoms. The zero-order chi connectivity index (χ0) is 51.9. The summed E-state index contributed by atoms with van der Waals surface area (Å²) in [6.45, 7) is 3.08. The maximum absolute atomic E-state index is 14.1. The molecule has 2 saturated heterocycles. The van der Waals surface area contributed by atoms with E-state index in [0.29, 0.717) is 30.6 Å². The minimum Gasteiger partial charge on any atom is -0.479 e. The summed E-state index contributed by atoms with van der Waals surface area (Å²) < 4.78 is 40.9. The van der Waals surface area contributed by atoms with Crippen molar-refractivity contribution < 1.29 is 78.4 Å². The van der Waals surface area contributed by atoms with Crippen molar-refractivity contribution >= 4 is 34.4 Å². The fourth-order valence-electron chi connectivity index (χ4n) is 10.5. The van der Waals surface area contributed by atoms with Crippen LogP contribution in [0.25, 0.3) is 10.9 Å². The summed E-state index contributed by atoms with van der Waals surface area (Å²) in [6, 6.07) is 14.4. The largest absolute Gasteiger partial charge is 0.479 e. The predicted octanol–water partition coefficient (Wildman–Crippen LogP) is 2.45. The molecule has 398 valence electrons. The molecular weight excluding hydrogens is 957 g/mol. The monoisotopic (exact) mass is 1020 g/mol. The first-order valence-corrected chi connectivity index (χ1v) is 25.1. The molecule has 1 amide bonds. The molecule has 2 aliphatic carbocycles. The normalized spacial score (nSPS) is 31.4. The Morgan fingerprint density at radius 2 is 1.67 bits per heavy atom. The van der Waals surface area contributed by atoms with E-state index in [4.69, 9.17) is 28.4 Å². The molecular formula is C50H66N6O17. The lowest BCUT2D eigenvalue weighted by Gasteiger charge is -2.48. The van der Waals surface area contributed by atoms with Gasteiger partial charge in [-0.25, -0.2) is 14.3 Å². The first-order valence-electron chi connectivity index (χ1n) is 25.1. The summed E-state index contributed by atoms with van der Waals surface area (Å²) in [6.07, 6.45) is -9.49. The molecule has 23 nitrogen and oxygen atoms in total. The second-order valence-corrected chi connectivity index (χ2v) is 19.8. The lowest BCUT2D eigenvalue weighted by molar-refractivity contribution is -0.384. The average molecular weight is 1020 g/mol. The number of hydrogen-bond donors (Lipinski definition) is 7. The molecule has 9 unspecified atom stereocenters. The van der Waals surface area contributed by atoms with Crippen LogP contribution in [0.4, 0.5) is 5.69 Å². The summed E-state index contributed by atoms with van der Waals surface area (Å²) in [4.78, 5) is 51.5. The van der Waals surface area contributed by atoms with Crippen molar-refractivity contribution in [3.8, 4) is 0 Å².